The third-order valence-electron chi connectivity index (χ3n) is 1.86. The van der Waals surface area contributed by atoms with Gasteiger partial charge in [0.05, 0.1) is 0 Å². The van der Waals surface area contributed by atoms with Crippen LogP contribution in [-0.2, 0) is 0 Å². The molecular formula is C11H23N. The predicted molar refractivity (Wildman–Crippen MR) is 56.5 cm³/mol. The second-order valence-corrected chi connectivity index (χ2v) is 3.58. The van der Waals surface area contributed by atoms with E-state index in [1.807, 2.05) is 0 Å². The van der Waals surface area contributed by atoms with Crippen LogP contribution in [0.2, 0.25) is 0 Å². The zero-order valence-corrected chi connectivity index (χ0v) is 8.84. The molecule has 1 heteroatoms. The number of rotatable bonds is 7. The SMILES string of the molecule is CCCCCCC=CCN(C)C. The van der Waals surface area contributed by atoms with Crippen LogP contribution < -0.4 is 0 Å². The number of likely N-dealkylation sites (N-methyl/N-ethyl adjacent to an activating group) is 1. The Balaban J connectivity index is 3.03. The highest BCUT2D eigenvalue weighted by atomic mass is 15.0. The average molecular weight is 169 g/mol. The number of nitrogens with zero attached hydrogens (tertiary/aromatic N) is 1. The van der Waals surface area contributed by atoms with Gasteiger partial charge in [-0.05, 0) is 26.9 Å². The molecular weight excluding hydrogens is 146 g/mol. The van der Waals surface area contributed by atoms with Gasteiger partial charge in [-0.15, -0.1) is 0 Å². The molecule has 0 unspecified atom stereocenters. The van der Waals surface area contributed by atoms with Gasteiger partial charge in [0, 0.05) is 6.54 Å². The topological polar surface area (TPSA) is 3.24 Å². The van der Waals surface area contributed by atoms with E-state index in [2.05, 4.69) is 38.1 Å². The fourth-order valence-electron chi connectivity index (χ4n) is 1.09. The summed E-state index contributed by atoms with van der Waals surface area (Å²) in [5, 5.41) is 0. The second kappa shape index (κ2) is 8.79. The van der Waals surface area contributed by atoms with Crippen LogP contribution in [0.4, 0.5) is 0 Å². The van der Waals surface area contributed by atoms with Gasteiger partial charge in [-0.1, -0.05) is 38.3 Å². The van der Waals surface area contributed by atoms with Crippen LogP contribution in [0.1, 0.15) is 39.0 Å². The van der Waals surface area contributed by atoms with E-state index in [0.717, 1.165) is 6.54 Å². The van der Waals surface area contributed by atoms with Crippen molar-refractivity contribution in [3.63, 3.8) is 0 Å². The van der Waals surface area contributed by atoms with E-state index in [9.17, 15) is 0 Å². The molecule has 0 aromatic rings. The summed E-state index contributed by atoms with van der Waals surface area (Å²) < 4.78 is 0. The molecule has 0 amide bonds. The Morgan fingerprint density at radius 2 is 1.75 bits per heavy atom. The monoisotopic (exact) mass is 169 g/mol. The van der Waals surface area contributed by atoms with Gasteiger partial charge in [-0.2, -0.15) is 0 Å². The van der Waals surface area contributed by atoms with Crippen molar-refractivity contribution >= 4 is 0 Å². The van der Waals surface area contributed by atoms with Crippen LogP contribution in [0, 0.1) is 0 Å². The minimum Gasteiger partial charge on any atom is -0.306 e. The molecule has 0 bridgehead atoms. The highest BCUT2D eigenvalue weighted by molar-refractivity contribution is 4.83. The van der Waals surface area contributed by atoms with Crippen LogP contribution in [-0.4, -0.2) is 25.5 Å². The van der Waals surface area contributed by atoms with Gasteiger partial charge in [0.15, 0.2) is 0 Å². The molecule has 0 aromatic heterocycles. The third-order valence-corrected chi connectivity index (χ3v) is 1.86. The Hall–Kier alpha value is -0.300. The predicted octanol–water partition coefficient (Wildman–Crippen LogP) is 3.07. The maximum absolute atomic E-state index is 2.30. The van der Waals surface area contributed by atoms with Crippen LogP contribution >= 0.6 is 0 Å². The number of unbranched alkanes of at least 4 members (excludes halogenated alkanes) is 4. The maximum atomic E-state index is 2.30. The minimum absolute atomic E-state index is 1.08. The van der Waals surface area contributed by atoms with Gasteiger partial charge in [0.1, 0.15) is 0 Å². The summed E-state index contributed by atoms with van der Waals surface area (Å²) in [7, 11) is 4.20. The number of hydrogen-bond donors (Lipinski definition) is 0. The zero-order valence-electron chi connectivity index (χ0n) is 8.84. The molecule has 0 rings (SSSR count). The van der Waals surface area contributed by atoms with Gasteiger partial charge in [0.25, 0.3) is 0 Å². The largest absolute Gasteiger partial charge is 0.306 e. The standard InChI is InChI=1S/C11H23N/c1-4-5-6-7-8-9-10-11-12(2)3/h9-10H,4-8,11H2,1-3H3. The van der Waals surface area contributed by atoms with Crippen LogP contribution in [0.5, 0.6) is 0 Å². The molecule has 1 nitrogen and oxygen atoms in total. The highest BCUT2D eigenvalue weighted by Crippen LogP contribution is 2.02. The van der Waals surface area contributed by atoms with Gasteiger partial charge >= 0.3 is 0 Å². The van der Waals surface area contributed by atoms with Gasteiger partial charge in [-0.25, -0.2) is 0 Å². The molecule has 0 heterocycles. The summed E-state index contributed by atoms with van der Waals surface area (Å²) in [6.45, 7) is 3.33. The Bertz CT molecular complexity index is 106. The lowest BCUT2D eigenvalue weighted by atomic mass is 10.1. The first-order valence-electron chi connectivity index (χ1n) is 5.07. The Morgan fingerprint density at radius 1 is 1.00 bits per heavy atom. The Morgan fingerprint density at radius 3 is 2.33 bits per heavy atom. The van der Waals surface area contributed by atoms with Gasteiger partial charge in [-0.3, -0.25) is 0 Å². The lowest BCUT2D eigenvalue weighted by Gasteiger charge is -2.03. The molecule has 0 spiro atoms. The fourth-order valence-corrected chi connectivity index (χ4v) is 1.09. The molecule has 0 atom stereocenters. The molecule has 0 saturated carbocycles. The van der Waals surface area contributed by atoms with Gasteiger partial charge in [0.2, 0.25) is 0 Å². The summed E-state index contributed by atoms with van der Waals surface area (Å²) in [4.78, 5) is 2.18. The van der Waals surface area contributed by atoms with Crippen LogP contribution in [0.25, 0.3) is 0 Å². The minimum atomic E-state index is 1.08. The first kappa shape index (κ1) is 11.7. The average Bonchev–Trinajstić information content (AvgIpc) is 2.02. The van der Waals surface area contributed by atoms with Crippen molar-refractivity contribution < 1.29 is 0 Å². The number of allylic oxidation sites excluding steroid dienone is 1. The van der Waals surface area contributed by atoms with E-state index in [4.69, 9.17) is 0 Å². The molecule has 0 radical (unpaired) electrons. The van der Waals surface area contributed by atoms with E-state index < -0.39 is 0 Å². The normalized spacial score (nSPS) is 11.7. The molecule has 0 fully saturated rings. The molecule has 0 aliphatic rings. The highest BCUT2D eigenvalue weighted by Gasteiger charge is 1.85. The van der Waals surface area contributed by atoms with Crippen molar-refractivity contribution in [3.8, 4) is 0 Å². The van der Waals surface area contributed by atoms with Crippen molar-refractivity contribution in [1.82, 2.24) is 4.90 Å². The quantitative estimate of drug-likeness (QED) is 0.418. The van der Waals surface area contributed by atoms with E-state index >= 15 is 0 Å². The molecule has 72 valence electrons. The van der Waals surface area contributed by atoms with Gasteiger partial charge < -0.3 is 4.90 Å². The summed E-state index contributed by atoms with van der Waals surface area (Å²) in [5.41, 5.74) is 0. The Kier molecular flexibility index (Phi) is 8.57. The van der Waals surface area contributed by atoms with Crippen molar-refractivity contribution in [2.75, 3.05) is 20.6 Å². The summed E-state index contributed by atoms with van der Waals surface area (Å²) >= 11 is 0. The molecule has 0 aliphatic carbocycles. The van der Waals surface area contributed by atoms with Crippen LogP contribution in [0.3, 0.4) is 0 Å². The van der Waals surface area contributed by atoms with Crippen molar-refractivity contribution in [3.05, 3.63) is 12.2 Å². The van der Waals surface area contributed by atoms with Crippen molar-refractivity contribution in [2.45, 2.75) is 39.0 Å². The zero-order chi connectivity index (χ0) is 9.23. The molecule has 0 aromatic carbocycles. The smallest absolute Gasteiger partial charge is 0.0157 e. The van der Waals surface area contributed by atoms with E-state index in [-0.39, 0.29) is 0 Å². The summed E-state index contributed by atoms with van der Waals surface area (Å²) in [6.07, 6.45) is 11.3. The Labute approximate surface area is 77.5 Å². The van der Waals surface area contributed by atoms with E-state index in [1.165, 1.54) is 32.1 Å². The van der Waals surface area contributed by atoms with E-state index in [0.29, 0.717) is 0 Å². The number of hydrogen-bond acceptors (Lipinski definition) is 1. The summed E-state index contributed by atoms with van der Waals surface area (Å²) in [6, 6.07) is 0. The van der Waals surface area contributed by atoms with Crippen molar-refractivity contribution in [1.29, 1.82) is 0 Å². The lowest BCUT2D eigenvalue weighted by molar-refractivity contribution is 0.456. The summed E-state index contributed by atoms with van der Waals surface area (Å²) in [5.74, 6) is 0. The molecule has 12 heavy (non-hydrogen) atoms. The van der Waals surface area contributed by atoms with Crippen LogP contribution in [0.15, 0.2) is 12.2 Å². The maximum Gasteiger partial charge on any atom is 0.0157 e. The van der Waals surface area contributed by atoms with E-state index in [1.54, 1.807) is 0 Å². The third kappa shape index (κ3) is 9.70. The molecule has 0 N–H and O–H groups in total. The first-order chi connectivity index (χ1) is 5.77. The van der Waals surface area contributed by atoms with Crippen molar-refractivity contribution in [2.24, 2.45) is 0 Å². The lowest BCUT2D eigenvalue weighted by Crippen LogP contribution is -2.10. The first-order valence-corrected chi connectivity index (χ1v) is 5.07. The molecule has 0 saturated heterocycles. The molecule has 0 aliphatic heterocycles. The fraction of sp³-hybridized carbons (Fsp3) is 0.818. The second-order valence-electron chi connectivity index (χ2n) is 3.58.